The first-order valence-electron chi connectivity index (χ1n) is 9.07. The molecular formula is C22H16N4O4. The molecule has 0 aliphatic rings. The molecule has 0 radical (unpaired) electrons. The van der Waals surface area contributed by atoms with Crippen LogP contribution in [0.15, 0.2) is 77.2 Å². The van der Waals surface area contributed by atoms with Gasteiger partial charge in [0.2, 0.25) is 5.89 Å². The van der Waals surface area contributed by atoms with E-state index in [2.05, 4.69) is 20.5 Å². The van der Waals surface area contributed by atoms with Gasteiger partial charge in [-0.2, -0.15) is 0 Å². The van der Waals surface area contributed by atoms with E-state index in [-0.39, 0.29) is 11.9 Å². The zero-order valence-electron chi connectivity index (χ0n) is 15.7. The van der Waals surface area contributed by atoms with E-state index in [0.29, 0.717) is 5.69 Å². The second-order valence-electron chi connectivity index (χ2n) is 6.20. The molecule has 0 unspecified atom stereocenters. The second-order valence-corrected chi connectivity index (χ2v) is 6.20. The highest BCUT2D eigenvalue weighted by Crippen LogP contribution is 2.19. The van der Waals surface area contributed by atoms with Crippen LogP contribution in [0.2, 0.25) is 0 Å². The van der Waals surface area contributed by atoms with Crippen LogP contribution >= 0.6 is 0 Å². The SMILES string of the molecule is O=C(COC(=O)/C=C/c1ccc2ccccc2n1)Nc1nnc(-c2ccccc2)o1. The average Bonchev–Trinajstić information content (AvgIpc) is 3.25. The van der Waals surface area contributed by atoms with Gasteiger partial charge >= 0.3 is 12.0 Å². The Morgan fingerprint density at radius 1 is 0.967 bits per heavy atom. The predicted octanol–water partition coefficient (Wildman–Crippen LogP) is 3.48. The number of esters is 1. The van der Waals surface area contributed by atoms with E-state index in [9.17, 15) is 9.59 Å². The van der Waals surface area contributed by atoms with Crippen LogP contribution < -0.4 is 5.32 Å². The van der Waals surface area contributed by atoms with Crippen molar-refractivity contribution in [2.45, 2.75) is 0 Å². The van der Waals surface area contributed by atoms with E-state index in [1.54, 1.807) is 18.2 Å². The molecule has 8 nitrogen and oxygen atoms in total. The highest BCUT2D eigenvalue weighted by atomic mass is 16.5. The third kappa shape index (κ3) is 4.74. The molecule has 0 fully saturated rings. The number of aromatic nitrogens is 3. The van der Waals surface area contributed by atoms with Crippen LogP contribution in [0.25, 0.3) is 28.4 Å². The number of carbonyl (C=O) groups excluding carboxylic acids is 2. The molecule has 0 spiro atoms. The van der Waals surface area contributed by atoms with Gasteiger partial charge in [-0.1, -0.05) is 47.6 Å². The first-order chi connectivity index (χ1) is 14.7. The molecule has 0 saturated carbocycles. The second kappa shape index (κ2) is 8.78. The first kappa shape index (κ1) is 19.0. The summed E-state index contributed by atoms with van der Waals surface area (Å²) in [4.78, 5) is 28.2. The lowest BCUT2D eigenvalue weighted by atomic mass is 10.2. The van der Waals surface area contributed by atoms with Gasteiger partial charge in [0.25, 0.3) is 5.91 Å². The Labute approximate surface area is 171 Å². The Morgan fingerprint density at radius 2 is 1.77 bits per heavy atom. The minimum atomic E-state index is -0.671. The summed E-state index contributed by atoms with van der Waals surface area (Å²) in [5, 5.41) is 11.0. The molecule has 2 heterocycles. The fourth-order valence-corrected chi connectivity index (χ4v) is 2.64. The number of anilines is 1. The van der Waals surface area contributed by atoms with Crippen LogP contribution in [0.5, 0.6) is 0 Å². The maximum absolute atomic E-state index is 11.9. The number of para-hydroxylation sites is 1. The zero-order chi connectivity index (χ0) is 20.8. The van der Waals surface area contributed by atoms with Crippen LogP contribution in [0.1, 0.15) is 5.69 Å². The summed E-state index contributed by atoms with van der Waals surface area (Å²) in [6.45, 7) is -0.489. The fourth-order valence-electron chi connectivity index (χ4n) is 2.64. The van der Waals surface area contributed by atoms with Crippen molar-refractivity contribution in [2.24, 2.45) is 0 Å². The molecule has 30 heavy (non-hydrogen) atoms. The fraction of sp³-hybridized carbons (Fsp3) is 0.0455. The van der Waals surface area contributed by atoms with Crippen LogP contribution in [0.3, 0.4) is 0 Å². The molecule has 0 aliphatic carbocycles. The minimum Gasteiger partial charge on any atom is -0.452 e. The van der Waals surface area contributed by atoms with Gasteiger partial charge in [0.15, 0.2) is 6.61 Å². The minimum absolute atomic E-state index is 0.0780. The Hall–Kier alpha value is -4.33. The van der Waals surface area contributed by atoms with E-state index in [0.717, 1.165) is 16.5 Å². The third-order valence-corrected chi connectivity index (χ3v) is 4.05. The number of pyridine rings is 1. The summed E-state index contributed by atoms with van der Waals surface area (Å²) in [5.41, 5.74) is 2.15. The van der Waals surface area contributed by atoms with Crippen molar-refractivity contribution in [3.63, 3.8) is 0 Å². The number of amides is 1. The molecule has 4 rings (SSSR count). The topological polar surface area (TPSA) is 107 Å². The Kier molecular flexibility index (Phi) is 5.56. The van der Waals surface area contributed by atoms with Crippen LogP contribution in [0, 0.1) is 0 Å². The van der Waals surface area contributed by atoms with Crippen molar-refractivity contribution in [1.82, 2.24) is 15.2 Å². The van der Waals surface area contributed by atoms with E-state index < -0.39 is 18.5 Å². The maximum atomic E-state index is 11.9. The summed E-state index contributed by atoms with van der Waals surface area (Å²) in [6, 6.07) is 20.4. The molecule has 1 N–H and O–H groups in total. The average molecular weight is 400 g/mol. The number of nitrogens with one attached hydrogen (secondary N) is 1. The normalized spacial score (nSPS) is 10.9. The zero-order valence-corrected chi connectivity index (χ0v) is 15.7. The number of hydrogen-bond donors (Lipinski definition) is 1. The third-order valence-electron chi connectivity index (χ3n) is 4.05. The number of nitrogens with zero attached hydrogens (tertiary/aromatic N) is 3. The highest BCUT2D eigenvalue weighted by molar-refractivity contribution is 5.93. The molecule has 0 saturated heterocycles. The lowest BCUT2D eigenvalue weighted by Crippen LogP contribution is -2.20. The van der Waals surface area contributed by atoms with Crippen LogP contribution in [-0.2, 0) is 14.3 Å². The van der Waals surface area contributed by atoms with Crippen LogP contribution in [-0.4, -0.2) is 33.7 Å². The summed E-state index contributed by atoms with van der Waals surface area (Å²) in [6.07, 6.45) is 2.74. The van der Waals surface area contributed by atoms with Crippen LogP contribution in [0.4, 0.5) is 6.01 Å². The summed E-state index contributed by atoms with van der Waals surface area (Å²) in [5.74, 6) is -0.992. The Balaban J connectivity index is 1.28. The monoisotopic (exact) mass is 400 g/mol. The van der Waals surface area contributed by atoms with Gasteiger partial charge in [-0.05, 0) is 30.3 Å². The molecule has 2 aromatic carbocycles. The number of benzene rings is 2. The molecule has 0 atom stereocenters. The molecule has 8 heteroatoms. The maximum Gasteiger partial charge on any atom is 0.331 e. The van der Waals surface area contributed by atoms with E-state index >= 15 is 0 Å². The smallest absolute Gasteiger partial charge is 0.331 e. The van der Waals surface area contributed by atoms with Gasteiger partial charge in [0.05, 0.1) is 11.2 Å². The summed E-state index contributed by atoms with van der Waals surface area (Å²) < 4.78 is 10.3. The molecule has 0 aliphatic heterocycles. The lowest BCUT2D eigenvalue weighted by molar-refractivity contribution is -0.142. The van der Waals surface area contributed by atoms with Gasteiger partial charge in [0.1, 0.15) is 0 Å². The quantitative estimate of drug-likeness (QED) is 0.390. The van der Waals surface area contributed by atoms with Crippen molar-refractivity contribution in [1.29, 1.82) is 0 Å². The Bertz CT molecular complexity index is 1220. The number of fused-ring (bicyclic) bond motifs is 1. The predicted molar refractivity (Wildman–Crippen MR) is 110 cm³/mol. The molecule has 1 amide bonds. The Morgan fingerprint density at radius 3 is 2.63 bits per heavy atom. The number of hydrogen-bond acceptors (Lipinski definition) is 7. The first-order valence-corrected chi connectivity index (χ1v) is 9.07. The molecular weight excluding hydrogens is 384 g/mol. The van der Waals surface area contributed by atoms with Crippen molar-refractivity contribution >= 4 is 34.9 Å². The van der Waals surface area contributed by atoms with E-state index in [1.165, 1.54) is 12.2 Å². The van der Waals surface area contributed by atoms with Crippen molar-refractivity contribution < 1.29 is 18.7 Å². The standard InChI is InChI=1S/C22H16N4O4/c27-19(24-22-26-25-21(30-22)16-7-2-1-3-8-16)14-29-20(28)13-12-17-11-10-15-6-4-5-9-18(15)23-17/h1-13H,14H2,(H,24,26,27)/b13-12+. The molecule has 4 aromatic rings. The van der Waals surface area contributed by atoms with Gasteiger partial charge in [-0.15, -0.1) is 5.10 Å². The van der Waals surface area contributed by atoms with E-state index in [1.807, 2.05) is 48.5 Å². The van der Waals surface area contributed by atoms with E-state index in [4.69, 9.17) is 9.15 Å². The summed E-state index contributed by atoms with van der Waals surface area (Å²) in [7, 11) is 0. The van der Waals surface area contributed by atoms with Gasteiger partial charge in [0, 0.05) is 17.0 Å². The largest absolute Gasteiger partial charge is 0.452 e. The van der Waals surface area contributed by atoms with Crippen molar-refractivity contribution in [2.75, 3.05) is 11.9 Å². The van der Waals surface area contributed by atoms with Gasteiger partial charge in [-0.3, -0.25) is 10.1 Å². The molecule has 148 valence electrons. The highest BCUT2D eigenvalue weighted by Gasteiger charge is 2.12. The van der Waals surface area contributed by atoms with Gasteiger partial charge < -0.3 is 9.15 Å². The number of rotatable bonds is 6. The lowest BCUT2D eigenvalue weighted by Gasteiger charge is -2.01. The molecule has 0 bridgehead atoms. The molecule has 2 aromatic heterocycles. The summed E-state index contributed by atoms with van der Waals surface area (Å²) >= 11 is 0. The van der Waals surface area contributed by atoms with Crippen molar-refractivity contribution in [3.8, 4) is 11.5 Å². The van der Waals surface area contributed by atoms with Gasteiger partial charge in [-0.25, -0.2) is 9.78 Å². The van der Waals surface area contributed by atoms with Crippen molar-refractivity contribution in [3.05, 3.63) is 78.5 Å². The number of ether oxygens (including phenoxy) is 1. The number of carbonyl (C=O) groups is 2.